The van der Waals surface area contributed by atoms with Crippen LogP contribution in [0, 0.1) is 0 Å². The maximum absolute atomic E-state index is 9.25. The molecule has 2 nitrogen and oxygen atoms in total. The highest BCUT2D eigenvalue weighted by molar-refractivity contribution is 6.63. The quantitative estimate of drug-likeness (QED) is 0.585. The van der Waals surface area contributed by atoms with Crippen molar-refractivity contribution in [3.63, 3.8) is 0 Å². The summed E-state index contributed by atoms with van der Waals surface area (Å²) in [6.07, 6.45) is 0.833. The molecule has 3 heteroatoms. The molecule has 0 saturated heterocycles. The molecular formula is C12H25O2Si. The van der Waals surface area contributed by atoms with Gasteiger partial charge in [0.25, 0.3) is 0 Å². The van der Waals surface area contributed by atoms with Gasteiger partial charge in [-0.05, 0) is 0 Å². The van der Waals surface area contributed by atoms with E-state index in [9.17, 15) is 4.79 Å². The third kappa shape index (κ3) is 9.72. The van der Waals surface area contributed by atoms with Crippen molar-refractivity contribution < 1.29 is 9.90 Å². The molecule has 0 amide bonds. The van der Waals surface area contributed by atoms with Gasteiger partial charge in [-0.25, -0.2) is 4.79 Å². The highest BCUT2D eigenvalue weighted by atomic mass is 28.3. The van der Waals surface area contributed by atoms with E-state index < -0.39 is 5.97 Å². The second-order valence-corrected chi connectivity index (χ2v) is 8.97. The zero-order chi connectivity index (χ0) is 12.6. The number of rotatable bonds is 4. The number of aliphatic carboxylic acids is 1. The van der Waals surface area contributed by atoms with Crippen LogP contribution in [-0.2, 0) is 4.79 Å². The lowest BCUT2D eigenvalue weighted by Crippen LogP contribution is -2.24. The molecule has 0 aliphatic rings. The monoisotopic (exact) mass is 229 g/mol. The summed E-state index contributed by atoms with van der Waals surface area (Å²) in [6, 6.07) is 0. The maximum Gasteiger partial charge on any atom is 0.327 e. The van der Waals surface area contributed by atoms with Crippen molar-refractivity contribution in [2.45, 2.75) is 58.2 Å². The molecule has 15 heavy (non-hydrogen) atoms. The van der Waals surface area contributed by atoms with Crippen molar-refractivity contribution >= 4 is 14.8 Å². The molecular weight excluding hydrogens is 204 g/mol. The van der Waals surface area contributed by atoms with Gasteiger partial charge in [0.15, 0.2) is 0 Å². The first-order chi connectivity index (χ1) is 6.73. The van der Waals surface area contributed by atoms with Gasteiger partial charge in [-0.1, -0.05) is 64.7 Å². The average Bonchev–Trinajstić information content (AvgIpc) is 2.02. The van der Waals surface area contributed by atoms with Crippen LogP contribution in [0.15, 0.2) is 12.7 Å². The largest absolute Gasteiger partial charge is 0.478 e. The SMILES string of the molecule is C=CC(=O)O.CC(C)[Si](C(C)C)C(C)C. The van der Waals surface area contributed by atoms with Crippen molar-refractivity contribution in [2.75, 3.05) is 0 Å². The Morgan fingerprint density at radius 2 is 1.27 bits per heavy atom. The van der Waals surface area contributed by atoms with Crippen LogP contribution in [0.3, 0.4) is 0 Å². The molecule has 0 spiro atoms. The maximum atomic E-state index is 9.25. The summed E-state index contributed by atoms with van der Waals surface area (Å²) in [6.45, 7) is 17.2. The number of hydrogen-bond donors (Lipinski definition) is 1. The van der Waals surface area contributed by atoms with Crippen molar-refractivity contribution in [1.82, 2.24) is 0 Å². The second kappa shape index (κ2) is 8.71. The van der Waals surface area contributed by atoms with E-state index in [4.69, 9.17) is 5.11 Å². The predicted molar refractivity (Wildman–Crippen MR) is 68.9 cm³/mol. The minimum atomic E-state index is -0.981. The average molecular weight is 229 g/mol. The van der Waals surface area contributed by atoms with Gasteiger partial charge in [-0.2, -0.15) is 0 Å². The lowest BCUT2D eigenvalue weighted by molar-refractivity contribution is -0.131. The molecule has 0 fully saturated rings. The molecule has 0 aromatic carbocycles. The lowest BCUT2D eigenvalue weighted by Gasteiger charge is -2.26. The number of hydrogen-bond acceptors (Lipinski definition) is 1. The molecule has 0 atom stereocenters. The van der Waals surface area contributed by atoms with Crippen LogP contribution in [0.4, 0.5) is 0 Å². The van der Waals surface area contributed by atoms with Crippen molar-refractivity contribution in [3.05, 3.63) is 12.7 Å². The first-order valence-electron chi connectivity index (χ1n) is 5.45. The predicted octanol–water partition coefficient (Wildman–Crippen LogP) is 3.97. The Hall–Kier alpha value is -0.573. The van der Waals surface area contributed by atoms with Gasteiger partial charge < -0.3 is 5.11 Å². The summed E-state index contributed by atoms with van der Waals surface area (Å²) in [5.74, 6) is -0.981. The van der Waals surface area contributed by atoms with Crippen molar-refractivity contribution in [3.8, 4) is 0 Å². The van der Waals surface area contributed by atoms with Crippen molar-refractivity contribution in [1.29, 1.82) is 0 Å². The van der Waals surface area contributed by atoms with Crippen molar-refractivity contribution in [2.24, 2.45) is 0 Å². The standard InChI is InChI=1S/C9H21Si.C3H4O2/c1-7(2)10(8(3)4)9(5)6;1-2-3(4)5/h7-9H,1-6H3;2H,1H2,(H,4,5). The van der Waals surface area contributed by atoms with Gasteiger partial charge in [-0.15, -0.1) is 0 Å². The van der Waals surface area contributed by atoms with E-state index in [1.54, 1.807) is 0 Å². The van der Waals surface area contributed by atoms with Crippen LogP contribution < -0.4 is 0 Å². The minimum Gasteiger partial charge on any atom is -0.478 e. The fraction of sp³-hybridized carbons (Fsp3) is 0.750. The van der Waals surface area contributed by atoms with Gasteiger partial charge in [0, 0.05) is 6.08 Å². The van der Waals surface area contributed by atoms with Gasteiger partial charge >= 0.3 is 5.97 Å². The van der Waals surface area contributed by atoms with Gasteiger partial charge in [-0.3, -0.25) is 0 Å². The Bertz CT molecular complexity index is 167. The summed E-state index contributed by atoms with van der Waals surface area (Å²) in [7, 11) is -0.0957. The van der Waals surface area contributed by atoms with Crippen LogP contribution in [0.2, 0.25) is 16.6 Å². The summed E-state index contributed by atoms with van der Waals surface area (Å²) in [4.78, 5) is 9.25. The highest BCUT2D eigenvalue weighted by Crippen LogP contribution is 2.28. The van der Waals surface area contributed by atoms with E-state index in [-0.39, 0.29) is 8.80 Å². The molecule has 0 unspecified atom stereocenters. The first-order valence-corrected chi connectivity index (χ1v) is 7.19. The smallest absolute Gasteiger partial charge is 0.327 e. The van der Waals surface area contributed by atoms with E-state index in [1.807, 2.05) is 0 Å². The van der Waals surface area contributed by atoms with E-state index in [0.717, 1.165) is 22.7 Å². The first kappa shape index (κ1) is 16.8. The molecule has 0 rings (SSSR count). The summed E-state index contributed by atoms with van der Waals surface area (Å²) in [5.41, 5.74) is 2.81. The number of carboxylic acids is 1. The summed E-state index contributed by atoms with van der Waals surface area (Å²) < 4.78 is 0. The zero-order valence-corrected chi connectivity index (χ0v) is 11.9. The Morgan fingerprint density at radius 3 is 1.27 bits per heavy atom. The van der Waals surface area contributed by atoms with E-state index in [1.165, 1.54) is 0 Å². The fourth-order valence-corrected chi connectivity index (χ4v) is 6.00. The van der Waals surface area contributed by atoms with Crippen LogP contribution in [0.5, 0.6) is 0 Å². The number of carboxylic acid groups (broad SMARTS) is 1. The normalized spacial score (nSPS) is 10.5. The van der Waals surface area contributed by atoms with Crippen LogP contribution in [0.25, 0.3) is 0 Å². The Balaban J connectivity index is 0. The molecule has 0 aliphatic carbocycles. The topological polar surface area (TPSA) is 37.3 Å². The van der Waals surface area contributed by atoms with Crippen LogP contribution in [0.1, 0.15) is 41.5 Å². The minimum absolute atomic E-state index is 0.0957. The van der Waals surface area contributed by atoms with E-state index >= 15 is 0 Å². The molecule has 0 bridgehead atoms. The molecule has 0 aromatic rings. The Morgan fingerprint density at radius 1 is 1.07 bits per heavy atom. The fourth-order valence-electron chi connectivity index (χ4n) is 2.00. The van der Waals surface area contributed by atoms with Crippen LogP contribution in [-0.4, -0.2) is 19.9 Å². The molecule has 1 radical (unpaired) electrons. The molecule has 0 aromatic heterocycles. The van der Waals surface area contributed by atoms with Gasteiger partial charge in [0.1, 0.15) is 0 Å². The lowest BCUT2D eigenvalue weighted by atomic mass is 10.5. The molecule has 0 saturated carbocycles. The Kier molecular flexibility index (Phi) is 9.78. The number of carbonyl (C=O) groups is 1. The van der Waals surface area contributed by atoms with E-state index in [0.29, 0.717) is 0 Å². The molecule has 0 aliphatic heterocycles. The van der Waals surface area contributed by atoms with Gasteiger partial charge in [0.2, 0.25) is 0 Å². The van der Waals surface area contributed by atoms with Gasteiger partial charge in [0.05, 0.1) is 8.80 Å². The highest BCUT2D eigenvalue weighted by Gasteiger charge is 2.22. The second-order valence-electron chi connectivity index (χ2n) is 4.51. The summed E-state index contributed by atoms with van der Waals surface area (Å²) in [5, 5.41) is 7.60. The molecule has 0 heterocycles. The summed E-state index contributed by atoms with van der Waals surface area (Å²) >= 11 is 0. The zero-order valence-electron chi connectivity index (χ0n) is 10.9. The van der Waals surface area contributed by atoms with E-state index in [2.05, 4.69) is 48.1 Å². The third-order valence-corrected chi connectivity index (χ3v) is 6.17. The molecule has 89 valence electrons. The Labute approximate surface area is 96.0 Å². The third-order valence-electron chi connectivity index (χ3n) is 2.17. The van der Waals surface area contributed by atoms with Crippen LogP contribution >= 0.6 is 0 Å². The molecule has 1 N–H and O–H groups in total.